The highest BCUT2D eigenvalue weighted by molar-refractivity contribution is 5.78. The molecule has 1 aliphatic rings. The van der Waals surface area contributed by atoms with Gasteiger partial charge in [0.05, 0.1) is 19.9 Å². The molecule has 4 rings (SSSR count). The van der Waals surface area contributed by atoms with Crippen LogP contribution in [0.3, 0.4) is 0 Å². The smallest absolute Gasteiger partial charge is 0.329 e. The fourth-order valence-electron chi connectivity index (χ4n) is 3.36. The standard InChI is InChI=1S/C17H19N5O4/c1-20-14-13(15(23)19-17(20)24)22-8-4-7-21(16(22)18-14)11-6-5-10(25-2)9-12(11)26-3/h5-6,9H,4,7-8H2,1-3H3,(H,19,23,24). The number of aromatic nitrogens is 4. The predicted molar refractivity (Wildman–Crippen MR) is 96.8 cm³/mol. The summed E-state index contributed by atoms with van der Waals surface area (Å²) in [5.41, 5.74) is 0.690. The number of H-pyrrole nitrogens is 1. The molecule has 3 heterocycles. The molecule has 0 bridgehead atoms. The molecule has 0 unspecified atom stereocenters. The first-order valence-corrected chi connectivity index (χ1v) is 8.24. The summed E-state index contributed by atoms with van der Waals surface area (Å²) < 4.78 is 14.0. The van der Waals surface area contributed by atoms with E-state index in [0.29, 0.717) is 35.2 Å². The van der Waals surface area contributed by atoms with Crippen LogP contribution in [0.5, 0.6) is 11.5 Å². The number of imidazole rings is 1. The fourth-order valence-corrected chi connectivity index (χ4v) is 3.36. The molecular weight excluding hydrogens is 338 g/mol. The van der Waals surface area contributed by atoms with Crippen LogP contribution < -0.4 is 25.6 Å². The van der Waals surface area contributed by atoms with Gasteiger partial charge >= 0.3 is 5.69 Å². The number of aryl methyl sites for hydroxylation is 2. The first kappa shape index (κ1) is 16.2. The van der Waals surface area contributed by atoms with Crippen LogP contribution in [0.1, 0.15) is 6.42 Å². The maximum Gasteiger partial charge on any atom is 0.329 e. The third-order valence-electron chi connectivity index (χ3n) is 4.67. The SMILES string of the molecule is COc1ccc(N2CCCn3c2nc2c3c(=O)[nH]c(=O)n2C)c(OC)c1. The molecule has 2 aromatic heterocycles. The van der Waals surface area contributed by atoms with Crippen molar-refractivity contribution in [2.24, 2.45) is 7.05 Å². The van der Waals surface area contributed by atoms with E-state index >= 15 is 0 Å². The molecule has 1 aliphatic heterocycles. The largest absolute Gasteiger partial charge is 0.497 e. The number of nitrogens with zero attached hydrogens (tertiary/aromatic N) is 4. The third-order valence-corrected chi connectivity index (χ3v) is 4.67. The monoisotopic (exact) mass is 357 g/mol. The number of benzene rings is 1. The number of methoxy groups -OCH3 is 2. The molecule has 0 spiro atoms. The van der Waals surface area contributed by atoms with Crippen molar-refractivity contribution in [3.05, 3.63) is 39.0 Å². The van der Waals surface area contributed by atoms with Gasteiger partial charge in [-0.25, -0.2) is 4.79 Å². The minimum absolute atomic E-state index is 0.369. The van der Waals surface area contributed by atoms with Gasteiger partial charge in [0, 0.05) is 26.2 Å². The van der Waals surface area contributed by atoms with Gasteiger partial charge in [0.1, 0.15) is 11.5 Å². The van der Waals surface area contributed by atoms with Gasteiger partial charge < -0.3 is 18.9 Å². The minimum atomic E-state index is -0.480. The molecule has 136 valence electrons. The van der Waals surface area contributed by atoms with E-state index in [0.717, 1.165) is 18.7 Å². The molecule has 26 heavy (non-hydrogen) atoms. The van der Waals surface area contributed by atoms with Crippen molar-refractivity contribution in [2.45, 2.75) is 13.0 Å². The van der Waals surface area contributed by atoms with Crippen molar-refractivity contribution in [1.29, 1.82) is 0 Å². The fraction of sp³-hybridized carbons (Fsp3) is 0.353. The molecule has 0 saturated carbocycles. The Labute approximate surface area is 148 Å². The van der Waals surface area contributed by atoms with Crippen LogP contribution in [-0.4, -0.2) is 39.9 Å². The Bertz CT molecular complexity index is 1110. The molecule has 1 aromatic carbocycles. The third kappa shape index (κ3) is 2.27. The Morgan fingerprint density at radius 1 is 1.15 bits per heavy atom. The number of rotatable bonds is 3. The lowest BCUT2D eigenvalue weighted by molar-refractivity contribution is 0.394. The van der Waals surface area contributed by atoms with E-state index in [-0.39, 0.29) is 0 Å². The van der Waals surface area contributed by atoms with Gasteiger partial charge in [0.15, 0.2) is 11.2 Å². The lowest BCUT2D eigenvalue weighted by atomic mass is 10.2. The van der Waals surface area contributed by atoms with Gasteiger partial charge in [-0.05, 0) is 18.6 Å². The molecule has 9 nitrogen and oxygen atoms in total. The number of fused-ring (bicyclic) bond motifs is 3. The van der Waals surface area contributed by atoms with Gasteiger partial charge in [0.2, 0.25) is 5.95 Å². The summed E-state index contributed by atoms with van der Waals surface area (Å²) in [6.45, 7) is 1.37. The quantitative estimate of drug-likeness (QED) is 0.751. The van der Waals surface area contributed by atoms with E-state index < -0.39 is 11.2 Å². The molecule has 0 saturated heterocycles. The van der Waals surface area contributed by atoms with Gasteiger partial charge in [-0.15, -0.1) is 0 Å². The normalized spacial score (nSPS) is 13.7. The molecule has 3 aromatic rings. The summed E-state index contributed by atoms with van der Waals surface area (Å²) in [6.07, 6.45) is 0.829. The zero-order valence-corrected chi connectivity index (χ0v) is 14.8. The Kier molecular flexibility index (Phi) is 3.71. The second-order valence-corrected chi connectivity index (χ2v) is 6.10. The zero-order chi connectivity index (χ0) is 18.4. The maximum absolute atomic E-state index is 12.3. The van der Waals surface area contributed by atoms with Crippen LogP contribution in [0.4, 0.5) is 11.6 Å². The number of hydrogen-bond donors (Lipinski definition) is 1. The number of ether oxygens (including phenoxy) is 2. The average Bonchev–Trinajstić information content (AvgIpc) is 3.06. The Hall–Kier alpha value is -3.23. The lowest BCUT2D eigenvalue weighted by Crippen LogP contribution is -2.31. The highest BCUT2D eigenvalue weighted by Crippen LogP contribution is 2.38. The maximum atomic E-state index is 12.3. The van der Waals surface area contributed by atoms with E-state index in [4.69, 9.17) is 9.47 Å². The molecular formula is C17H19N5O4. The summed E-state index contributed by atoms with van der Waals surface area (Å²) in [5, 5.41) is 0. The summed E-state index contributed by atoms with van der Waals surface area (Å²) in [6, 6.07) is 5.55. The molecule has 0 radical (unpaired) electrons. The zero-order valence-electron chi connectivity index (χ0n) is 14.8. The van der Waals surface area contributed by atoms with E-state index in [2.05, 4.69) is 9.97 Å². The Morgan fingerprint density at radius 2 is 1.96 bits per heavy atom. The summed E-state index contributed by atoms with van der Waals surface area (Å²) >= 11 is 0. The van der Waals surface area contributed by atoms with Gasteiger partial charge in [-0.1, -0.05) is 0 Å². The minimum Gasteiger partial charge on any atom is -0.497 e. The van der Waals surface area contributed by atoms with Crippen molar-refractivity contribution in [1.82, 2.24) is 19.1 Å². The van der Waals surface area contributed by atoms with Crippen LogP contribution in [0, 0.1) is 0 Å². The van der Waals surface area contributed by atoms with E-state index in [1.165, 1.54) is 4.57 Å². The van der Waals surface area contributed by atoms with E-state index in [9.17, 15) is 9.59 Å². The van der Waals surface area contributed by atoms with Gasteiger partial charge in [-0.2, -0.15) is 4.98 Å². The molecule has 0 fully saturated rings. The number of aromatic amines is 1. The van der Waals surface area contributed by atoms with Crippen LogP contribution in [0.15, 0.2) is 27.8 Å². The van der Waals surface area contributed by atoms with Crippen molar-refractivity contribution < 1.29 is 9.47 Å². The Morgan fingerprint density at radius 3 is 2.69 bits per heavy atom. The molecule has 1 N–H and O–H groups in total. The first-order valence-electron chi connectivity index (χ1n) is 8.24. The van der Waals surface area contributed by atoms with E-state index in [1.54, 1.807) is 27.3 Å². The van der Waals surface area contributed by atoms with Gasteiger partial charge in [0.25, 0.3) is 5.56 Å². The van der Waals surface area contributed by atoms with E-state index in [1.807, 2.05) is 21.6 Å². The summed E-state index contributed by atoms with van der Waals surface area (Å²) in [7, 11) is 4.79. The van der Waals surface area contributed by atoms with Crippen molar-refractivity contribution >= 4 is 22.8 Å². The van der Waals surface area contributed by atoms with Gasteiger partial charge in [-0.3, -0.25) is 14.3 Å². The van der Waals surface area contributed by atoms with Crippen LogP contribution in [0.2, 0.25) is 0 Å². The van der Waals surface area contributed by atoms with Crippen molar-refractivity contribution in [3.8, 4) is 11.5 Å². The first-order chi connectivity index (χ1) is 12.5. The average molecular weight is 357 g/mol. The topological polar surface area (TPSA) is 94.4 Å². The highest BCUT2D eigenvalue weighted by Gasteiger charge is 2.27. The van der Waals surface area contributed by atoms with Crippen molar-refractivity contribution in [3.63, 3.8) is 0 Å². The van der Waals surface area contributed by atoms with Crippen LogP contribution in [-0.2, 0) is 13.6 Å². The molecule has 0 atom stereocenters. The lowest BCUT2D eigenvalue weighted by Gasteiger charge is -2.30. The number of nitrogens with one attached hydrogen (secondary N) is 1. The second kappa shape index (κ2) is 5.94. The summed E-state index contributed by atoms with van der Waals surface area (Å²) in [4.78, 5) is 33.2. The highest BCUT2D eigenvalue weighted by atomic mass is 16.5. The van der Waals surface area contributed by atoms with Crippen molar-refractivity contribution in [2.75, 3.05) is 25.7 Å². The van der Waals surface area contributed by atoms with Crippen LogP contribution in [0.25, 0.3) is 11.2 Å². The number of hydrogen-bond acceptors (Lipinski definition) is 6. The molecule has 9 heteroatoms. The number of anilines is 2. The second-order valence-electron chi connectivity index (χ2n) is 6.10. The molecule has 0 aliphatic carbocycles. The summed E-state index contributed by atoms with van der Waals surface area (Å²) in [5.74, 6) is 1.95. The Balaban J connectivity index is 1.96. The van der Waals surface area contributed by atoms with Crippen LogP contribution >= 0.6 is 0 Å². The molecule has 0 amide bonds. The predicted octanol–water partition coefficient (Wildman–Crippen LogP) is 0.982.